The third-order valence-corrected chi connectivity index (χ3v) is 6.91. The first-order chi connectivity index (χ1) is 14.6. The topological polar surface area (TPSA) is 54.9 Å². The maximum atomic E-state index is 13.7. The van der Waals surface area contributed by atoms with Gasteiger partial charge in [0.2, 0.25) is 5.91 Å². The van der Waals surface area contributed by atoms with E-state index in [0.717, 1.165) is 52.8 Å². The molecule has 4 aromatic rings. The van der Waals surface area contributed by atoms with Crippen molar-refractivity contribution in [3.05, 3.63) is 65.8 Å². The third kappa shape index (κ3) is 4.08. The number of nitrogens with zero attached hydrogens (tertiary/aromatic N) is 2. The summed E-state index contributed by atoms with van der Waals surface area (Å²) in [5, 5.41) is 5.27. The molecule has 5 heteroatoms. The van der Waals surface area contributed by atoms with Gasteiger partial charge in [-0.3, -0.25) is 9.78 Å². The van der Waals surface area contributed by atoms with Gasteiger partial charge in [0.1, 0.15) is 0 Å². The molecule has 0 bridgehead atoms. The van der Waals surface area contributed by atoms with Crippen LogP contribution < -0.4 is 5.32 Å². The van der Waals surface area contributed by atoms with Crippen LogP contribution in [0.15, 0.2) is 60.8 Å². The van der Waals surface area contributed by atoms with Gasteiger partial charge in [-0.2, -0.15) is 0 Å². The molecular formula is C25H27N3OS. The van der Waals surface area contributed by atoms with Crippen LogP contribution in [0.4, 0.5) is 5.69 Å². The van der Waals surface area contributed by atoms with E-state index in [4.69, 9.17) is 4.98 Å². The summed E-state index contributed by atoms with van der Waals surface area (Å²) in [5.41, 5.74) is 2.13. The average molecular weight is 418 g/mol. The number of carbonyl (C=O) groups excluding carboxylic acids is 1. The summed E-state index contributed by atoms with van der Waals surface area (Å²) in [6.07, 6.45) is 6.12. The minimum Gasteiger partial charge on any atom is -0.324 e. The third-order valence-electron chi connectivity index (χ3n) is 5.88. The van der Waals surface area contributed by atoms with E-state index in [9.17, 15) is 4.79 Å². The van der Waals surface area contributed by atoms with E-state index in [0.29, 0.717) is 6.42 Å². The first-order valence-corrected chi connectivity index (χ1v) is 11.5. The Bertz CT molecular complexity index is 1130. The first kappa shape index (κ1) is 20.5. The lowest BCUT2D eigenvalue weighted by molar-refractivity contribution is -0.126. The maximum Gasteiger partial charge on any atom is 0.231 e. The Balaban J connectivity index is 1.66. The number of nitrogens with one attached hydrogen (secondary N) is 1. The summed E-state index contributed by atoms with van der Waals surface area (Å²) < 4.78 is 1.17. The van der Waals surface area contributed by atoms with Gasteiger partial charge in [-0.15, -0.1) is 11.3 Å². The number of anilines is 1. The first-order valence-electron chi connectivity index (χ1n) is 10.6. The normalized spacial score (nSPS) is 13.4. The fourth-order valence-electron chi connectivity index (χ4n) is 4.00. The second-order valence-electron chi connectivity index (χ2n) is 7.82. The maximum absolute atomic E-state index is 13.7. The highest BCUT2D eigenvalue weighted by Gasteiger charge is 2.37. The van der Waals surface area contributed by atoms with Crippen LogP contribution in [0.2, 0.25) is 0 Å². The summed E-state index contributed by atoms with van der Waals surface area (Å²) in [7, 11) is 0. The average Bonchev–Trinajstić information content (AvgIpc) is 3.19. The van der Waals surface area contributed by atoms with Gasteiger partial charge in [-0.05, 0) is 37.1 Å². The monoisotopic (exact) mass is 417 g/mol. The van der Waals surface area contributed by atoms with E-state index >= 15 is 0 Å². The quantitative estimate of drug-likeness (QED) is 0.351. The van der Waals surface area contributed by atoms with Gasteiger partial charge < -0.3 is 5.32 Å². The zero-order valence-electron chi connectivity index (χ0n) is 17.5. The molecule has 0 aliphatic rings. The van der Waals surface area contributed by atoms with Crippen LogP contribution in [-0.4, -0.2) is 15.9 Å². The minimum absolute atomic E-state index is 0.0656. The molecule has 0 aliphatic heterocycles. The van der Waals surface area contributed by atoms with E-state index in [1.165, 1.54) is 4.70 Å². The molecule has 2 aromatic heterocycles. The van der Waals surface area contributed by atoms with E-state index < -0.39 is 5.41 Å². The number of amides is 1. The van der Waals surface area contributed by atoms with Crippen LogP contribution in [0.5, 0.6) is 0 Å². The number of carbonyl (C=O) groups is 1. The number of pyridine rings is 1. The molecule has 30 heavy (non-hydrogen) atoms. The molecule has 1 N–H and O–H groups in total. The fraction of sp³-hybridized carbons (Fsp3) is 0.320. The van der Waals surface area contributed by atoms with Crippen LogP contribution in [-0.2, 0) is 11.2 Å². The number of rotatable bonds is 8. The van der Waals surface area contributed by atoms with Gasteiger partial charge in [0.05, 0.1) is 31.8 Å². The molecule has 1 amide bonds. The Hall–Kier alpha value is -2.79. The van der Waals surface area contributed by atoms with Crippen molar-refractivity contribution in [3.8, 4) is 0 Å². The summed E-state index contributed by atoms with van der Waals surface area (Å²) in [6, 6.07) is 18.0. The largest absolute Gasteiger partial charge is 0.324 e. The van der Waals surface area contributed by atoms with E-state index in [-0.39, 0.29) is 5.91 Å². The summed E-state index contributed by atoms with van der Waals surface area (Å²) in [5.74, 6) is 0.0656. The molecule has 0 fully saturated rings. The SMILES string of the molecule is CCCCC(CC)(Cc1nc2ccccc2s1)C(=O)Nc1cccc2cccnc12. The molecule has 0 spiro atoms. The Morgan fingerprint density at radius 1 is 1.07 bits per heavy atom. The van der Waals surface area contributed by atoms with E-state index in [1.807, 2.05) is 48.5 Å². The molecule has 4 rings (SSSR count). The lowest BCUT2D eigenvalue weighted by atomic mass is 9.76. The number of benzene rings is 2. The fourth-order valence-corrected chi connectivity index (χ4v) is 5.12. The van der Waals surface area contributed by atoms with Gasteiger partial charge in [-0.25, -0.2) is 4.98 Å². The molecule has 4 nitrogen and oxygen atoms in total. The summed E-state index contributed by atoms with van der Waals surface area (Å²) >= 11 is 1.70. The number of para-hydroxylation sites is 2. The molecule has 2 heterocycles. The predicted octanol–water partition coefficient (Wildman–Crippen LogP) is 6.61. The number of thiazole rings is 1. The molecule has 0 saturated heterocycles. The smallest absolute Gasteiger partial charge is 0.231 e. The number of hydrogen-bond acceptors (Lipinski definition) is 4. The number of aromatic nitrogens is 2. The Morgan fingerprint density at radius 2 is 1.90 bits per heavy atom. The van der Waals surface area contributed by atoms with Gasteiger partial charge in [-0.1, -0.05) is 57.0 Å². The molecule has 0 saturated carbocycles. The highest BCUT2D eigenvalue weighted by molar-refractivity contribution is 7.18. The Morgan fingerprint density at radius 3 is 2.70 bits per heavy atom. The van der Waals surface area contributed by atoms with Crippen LogP contribution in [0.25, 0.3) is 21.1 Å². The summed E-state index contributed by atoms with van der Waals surface area (Å²) in [4.78, 5) is 23.0. The van der Waals surface area contributed by atoms with Crippen molar-refractivity contribution in [3.63, 3.8) is 0 Å². The molecule has 0 radical (unpaired) electrons. The zero-order valence-corrected chi connectivity index (χ0v) is 18.3. The van der Waals surface area contributed by atoms with Crippen molar-refractivity contribution < 1.29 is 4.79 Å². The predicted molar refractivity (Wildman–Crippen MR) is 126 cm³/mol. The van der Waals surface area contributed by atoms with Crippen molar-refractivity contribution in [1.29, 1.82) is 0 Å². The van der Waals surface area contributed by atoms with Crippen molar-refractivity contribution in [2.45, 2.75) is 46.0 Å². The minimum atomic E-state index is -0.485. The zero-order chi connectivity index (χ0) is 21.0. The molecule has 0 aliphatic carbocycles. The van der Waals surface area contributed by atoms with Crippen molar-refractivity contribution in [1.82, 2.24) is 9.97 Å². The highest BCUT2D eigenvalue weighted by Crippen LogP contribution is 2.37. The van der Waals surface area contributed by atoms with Gasteiger partial charge in [0.25, 0.3) is 0 Å². The standard InChI is InChI=1S/C25H27N3OS/c1-3-5-15-25(4-2,17-22-27-19-12-6-7-14-21(19)30-22)24(29)28-20-13-8-10-18-11-9-16-26-23(18)20/h6-14,16H,3-5,15,17H2,1-2H3,(H,28,29). The number of unbranched alkanes of at least 4 members (excludes halogenated alkanes) is 1. The molecule has 2 aromatic carbocycles. The van der Waals surface area contributed by atoms with Gasteiger partial charge in [0, 0.05) is 18.0 Å². The molecule has 154 valence electrons. The van der Waals surface area contributed by atoms with Crippen molar-refractivity contribution in [2.24, 2.45) is 5.41 Å². The molecule has 1 atom stereocenters. The second kappa shape index (κ2) is 8.92. The molecule has 1 unspecified atom stereocenters. The van der Waals surface area contributed by atoms with Crippen LogP contribution in [0.1, 0.15) is 44.5 Å². The van der Waals surface area contributed by atoms with Crippen LogP contribution >= 0.6 is 11.3 Å². The van der Waals surface area contributed by atoms with Gasteiger partial charge in [0.15, 0.2) is 0 Å². The number of fused-ring (bicyclic) bond motifs is 2. The Kier molecular flexibility index (Phi) is 6.09. The van der Waals surface area contributed by atoms with Gasteiger partial charge >= 0.3 is 0 Å². The van der Waals surface area contributed by atoms with Crippen molar-refractivity contribution >= 4 is 44.1 Å². The highest BCUT2D eigenvalue weighted by atomic mass is 32.1. The lowest BCUT2D eigenvalue weighted by Crippen LogP contribution is -2.38. The van der Waals surface area contributed by atoms with Crippen molar-refractivity contribution in [2.75, 3.05) is 5.32 Å². The molecular weight excluding hydrogens is 390 g/mol. The second-order valence-corrected chi connectivity index (χ2v) is 8.94. The van der Waals surface area contributed by atoms with Crippen LogP contribution in [0.3, 0.4) is 0 Å². The van der Waals surface area contributed by atoms with Crippen LogP contribution in [0, 0.1) is 5.41 Å². The Labute approximate surface area is 181 Å². The van der Waals surface area contributed by atoms with E-state index in [2.05, 4.69) is 30.2 Å². The lowest BCUT2D eigenvalue weighted by Gasteiger charge is -2.31. The number of hydrogen-bond donors (Lipinski definition) is 1. The van der Waals surface area contributed by atoms with E-state index in [1.54, 1.807) is 17.5 Å². The summed E-state index contributed by atoms with van der Waals surface area (Å²) in [6.45, 7) is 4.29.